The number of carbonyl (C=O) groups is 1. The molecule has 7 nitrogen and oxygen atoms in total. The molecule has 1 aliphatic carbocycles. The molecule has 3 aromatic rings. The minimum Gasteiger partial charge on any atom is -0.321 e. The molecule has 4 rings (SSSR count). The Morgan fingerprint density at radius 3 is 2.82 bits per heavy atom. The predicted molar refractivity (Wildman–Crippen MR) is 106 cm³/mol. The number of hydrogen-bond donors (Lipinski definition) is 1. The van der Waals surface area contributed by atoms with Gasteiger partial charge in [0.05, 0.1) is 0 Å². The normalized spacial score (nSPS) is 14.7. The van der Waals surface area contributed by atoms with E-state index in [0.29, 0.717) is 11.6 Å². The molecule has 0 unspecified atom stereocenters. The first-order valence-electron chi connectivity index (χ1n) is 9.59. The molecule has 0 radical (unpaired) electrons. The van der Waals surface area contributed by atoms with Crippen LogP contribution in [0.1, 0.15) is 65.0 Å². The Morgan fingerprint density at radius 1 is 1.29 bits per heavy atom. The van der Waals surface area contributed by atoms with Crippen LogP contribution < -0.4 is 5.32 Å². The van der Waals surface area contributed by atoms with Gasteiger partial charge in [-0.15, -0.1) is 10.2 Å². The van der Waals surface area contributed by atoms with E-state index in [0.717, 1.165) is 47.9 Å². The van der Waals surface area contributed by atoms with Crippen molar-refractivity contribution >= 4 is 11.6 Å². The second-order valence-electron chi connectivity index (χ2n) is 7.57. The Kier molecular flexibility index (Phi) is 4.90. The molecule has 0 bridgehead atoms. The highest BCUT2D eigenvalue weighted by atomic mass is 16.1. The molecular formula is C21H24N6O. The van der Waals surface area contributed by atoms with Crippen molar-refractivity contribution in [3.63, 3.8) is 0 Å². The highest BCUT2D eigenvalue weighted by Crippen LogP contribution is 2.38. The molecular weight excluding hydrogens is 352 g/mol. The lowest BCUT2D eigenvalue weighted by Crippen LogP contribution is -2.16. The van der Waals surface area contributed by atoms with Crippen molar-refractivity contribution in [2.75, 3.05) is 5.32 Å². The molecule has 1 aliphatic rings. The van der Waals surface area contributed by atoms with E-state index in [9.17, 15) is 4.79 Å². The molecule has 0 aliphatic heterocycles. The van der Waals surface area contributed by atoms with Crippen molar-refractivity contribution in [1.29, 1.82) is 0 Å². The average Bonchev–Trinajstić information content (AvgIpc) is 3.45. The summed E-state index contributed by atoms with van der Waals surface area (Å²) in [6.45, 7) is 4.05. The number of nitrogens with one attached hydrogen (secondary N) is 1. The highest BCUT2D eigenvalue weighted by molar-refractivity contribution is 6.02. The Hall–Kier alpha value is -3.09. The monoisotopic (exact) mass is 376 g/mol. The molecule has 2 heterocycles. The second-order valence-corrected chi connectivity index (χ2v) is 7.57. The fourth-order valence-corrected chi connectivity index (χ4v) is 3.23. The van der Waals surface area contributed by atoms with Crippen LogP contribution in [0.5, 0.6) is 0 Å². The maximum absolute atomic E-state index is 12.7. The summed E-state index contributed by atoms with van der Waals surface area (Å²) in [7, 11) is 1.94. The van der Waals surface area contributed by atoms with Crippen LogP contribution in [0, 0.1) is 6.92 Å². The van der Waals surface area contributed by atoms with Crippen molar-refractivity contribution in [3.05, 3.63) is 65.3 Å². The van der Waals surface area contributed by atoms with Crippen LogP contribution in [0.3, 0.4) is 0 Å². The first-order valence-corrected chi connectivity index (χ1v) is 9.59. The van der Waals surface area contributed by atoms with Crippen molar-refractivity contribution in [2.45, 2.75) is 44.9 Å². The second kappa shape index (κ2) is 7.50. The van der Waals surface area contributed by atoms with Crippen LogP contribution in [-0.2, 0) is 13.5 Å². The number of anilines is 1. The minimum atomic E-state index is -0.203. The summed E-state index contributed by atoms with van der Waals surface area (Å²) in [5.74, 6) is 2.19. The van der Waals surface area contributed by atoms with E-state index >= 15 is 0 Å². The van der Waals surface area contributed by atoms with Crippen LogP contribution in [0.15, 0.2) is 36.7 Å². The largest absolute Gasteiger partial charge is 0.321 e. The molecule has 2 aromatic heterocycles. The van der Waals surface area contributed by atoms with Gasteiger partial charge in [0.1, 0.15) is 23.7 Å². The van der Waals surface area contributed by atoms with Crippen molar-refractivity contribution < 1.29 is 4.79 Å². The minimum absolute atomic E-state index is 0.203. The van der Waals surface area contributed by atoms with Crippen molar-refractivity contribution in [2.24, 2.45) is 7.05 Å². The Morgan fingerprint density at radius 2 is 2.11 bits per heavy atom. The van der Waals surface area contributed by atoms with E-state index in [1.807, 2.05) is 36.7 Å². The van der Waals surface area contributed by atoms with Crippen molar-refractivity contribution in [1.82, 2.24) is 24.7 Å². The molecule has 1 aromatic carbocycles. The lowest BCUT2D eigenvalue weighted by atomic mass is 9.97. The van der Waals surface area contributed by atoms with Gasteiger partial charge in [0, 0.05) is 30.8 Å². The third-order valence-electron chi connectivity index (χ3n) is 5.05. The third-order valence-corrected chi connectivity index (χ3v) is 5.05. The van der Waals surface area contributed by atoms with Gasteiger partial charge in [-0.25, -0.2) is 9.97 Å². The first-order chi connectivity index (χ1) is 13.5. The van der Waals surface area contributed by atoms with Crippen LogP contribution in [0.4, 0.5) is 5.69 Å². The van der Waals surface area contributed by atoms with Gasteiger partial charge < -0.3 is 9.88 Å². The van der Waals surface area contributed by atoms with Gasteiger partial charge in [-0.05, 0) is 49.4 Å². The van der Waals surface area contributed by atoms with Crippen LogP contribution in [0.25, 0.3) is 0 Å². The lowest BCUT2D eigenvalue weighted by molar-refractivity contribution is 0.102. The molecule has 1 fully saturated rings. The predicted octanol–water partition coefficient (Wildman–Crippen LogP) is 3.39. The molecule has 1 saturated carbocycles. The zero-order chi connectivity index (χ0) is 19.7. The molecule has 0 spiro atoms. The Labute approximate surface area is 164 Å². The van der Waals surface area contributed by atoms with Gasteiger partial charge in [0.2, 0.25) is 0 Å². The topological polar surface area (TPSA) is 85.6 Å². The number of rotatable bonds is 6. The summed E-state index contributed by atoms with van der Waals surface area (Å²) in [5.41, 5.74) is 3.15. The molecule has 144 valence electrons. The van der Waals surface area contributed by atoms with Gasteiger partial charge in [-0.2, -0.15) is 0 Å². The molecule has 28 heavy (non-hydrogen) atoms. The number of amides is 1. The number of aryl methyl sites for hydroxylation is 2. The lowest BCUT2D eigenvalue weighted by Gasteiger charge is -2.13. The Balaban J connectivity index is 1.48. The fourth-order valence-electron chi connectivity index (χ4n) is 3.23. The van der Waals surface area contributed by atoms with Crippen molar-refractivity contribution in [3.8, 4) is 0 Å². The summed E-state index contributed by atoms with van der Waals surface area (Å²) in [6, 6.07) is 9.67. The van der Waals surface area contributed by atoms with Gasteiger partial charge in [-0.1, -0.05) is 19.1 Å². The van der Waals surface area contributed by atoms with E-state index in [1.165, 1.54) is 0 Å². The number of carbonyl (C=O) groups excluding carboxylic acids is 1. The quantitative estimate of drug-likeness (QED) is 0.713. The summed E-state index contributed by atoms with van der Waals surface area (Å²) < 4.78 is 1.93. The Bertz CT molecular complexity index is 1010. The number of aromatic nitrogens is 5. The summed E-state index contributed by atoms with van der Waals surface area (Å²) in [4.78, 5) is 21.6. The van der Waals surface area contributed by atoms with Crippen LogP contribution in [0.2, 0.25) is 0 Å². The summed E-state index contributed by atoms with van der Waals surface area (Å²) >= 11 is 0. The maximum Gasteiger partial charge on any atom is 0.274 e. The van der Waals surface area contributed by atoms with Crippen LogP contribution in [-0.4, -0.2) is 30.6 Å². The fraction of sp³-hybridized carbons (Fsp3) is 0.381. The smallest absolute Gasteiger partial charge is 0.274 e. The van der Waals surface area contributed by atoms with Gasteiger partial charge in [-0.3, -0.25) is 4.79 Å². The van der Waals surface area contributed by atoms with Crippen LogP contribution >= 0.6 is 0 Å². The average molecular weight is 376 g/mol. The third kappa shape index (κ3) is 4.08. The molecule has 1 amide bonds. The zero-order valence-electron chi connectivity index (χ0n) is 16.4. The number of hydrogen-bond acceptors (Lipinski definition) is 5. The standard InChI is InChI=1S/C21H24N6O/c1-13(9-19-26-22-12-27(19)3)16-5-4-6-17(11-16)24-21(28)18-10-14(2)23-20(25-18)15-7-8-15/h4-6,10-13,15H,7-9H2,1-3H3,(H,24,28)/t13-/m1/s1. The van der Waals surface area contributed by atoms with E-state index in [1.54, 1.807) is 12.4 Å². The molecule has 1 atom stereocenters. The van der Waals surface area contributed by atoms with E-state index in [4.69, 9.17) is 0 Å². The molecule has 7 heteroatoms. The van der Waals surface area contributed by atoms with Gasteiger partial charge in [0.25, 0.3) is 5.91 Å². The van der Waals surface area contributed by atoms with Gasteiger partial charge >= 0.3 is 0 Å². The van der Waals surface area contributed by atoms with Gasteiger partial charge in [0.15, 0.2) is 0 Å². The number of nitrogens with zero attached hydrogens (tertiary/aromatic N) is 5. The van der Waals surface area contributed by atoms with E-state index < -0.39 is 0 Å². The maximum atomic E-state index is 12.7. The molecule has 1 N–H and O–H groups in total. The van der Waals surface area contributed by atoms with E-state index in [-0.39, 0.29) is 11.8 Å². The zero-order valence-corrected chi connectivity index (χ0v) is 16.4. The first kappa shape index (κ1) is 18.3. The highest BCUT2D eigenvalue weighted by Gasteiger charge is 2.27. The summed E-state index contributed by atoms with van der Waals surface area (Å²) in [6.07, 6.45) is 4.70. The molecule has 0 saturated heterocycles. The SMILES string of the molecule is Cc1cc(C(=O)Nc2cccc([C@H](C)Cc3nncn3C)c2)nc(C2CC2)n1. The number of benzene rings is 1. The van der Waals surface area contributed by atoms with E-state index in [2.05, 4.69) is 38.5 Å². The summed E-state index contributed by atoms with van der Waals surface area (Å²) in [5, 5.41) is 11.1.